The van der Waals surface area contributed by atoms with E-state index in [1.807, 2.05) is 23.3 Å². The van der Waals surface area contributed by atoms with Gasteiger partial charge in [0.05, 0.1) is 18.6 Å². The molecule has 0 aromatic heterocycles. The van der Waals surface area contributed by atoms with E-state index in [0.29, 0.717) is 22.9 Å². The standard InChI is InChI=1S/C24H27ClN2O3S/c1-30-21-8-5-17(14-20(21)25)26-23(29)19-15-24(19)9-11-27(12-10-24)22(28)13-16-3-6-18(31-2)7-4-16/h3-8,14,19H,9-13,15H2,1-2H3,(H,26,29)/t19-/m0/s1. The zero-order valence-corrected chi connectivity index (χ0v) is 19.4. The number of nitrogens with zero attached hydrogens (tertiary/aromatic N) is 1. The Balaban J connectivity index is 1.28. The number of amides is 2. The summed E-state index contributed by atoms with van der Waals surface area (Å²) in [6, 6.07) is 13.4. The summed E-state index contributed by atoms with van der Waals surface area (Å²) in [5, 5.41) is 3.46. The number of hydrogen-bond donors (Lipinski definition) is 1. The summed E-state index contributed by atoms with van der Waals surface area (Å²) < 4.78 is 5.15. The third kappa shape index (κ3) is 4.85. The van der Waals surface area contributed by atoms with E-state index in [1.54, 1.807) is 37.1 Å². The number of thioether (sulfide) groups is 1. The number of methoxy groups -OCH3 is 1. The molecule has 2 amide bonds. The number of anilines is 1. The van der Waals surface area contributed by atoms with Gasteiger partial charge in [0.15, 0.2) is 0 Å². The first kappa shape index (κ1) is 22.0. The van der Waals surface area contributed by atoms with Crippen LogP contribution in [0.5, 0.6) is 5.75 Å². The molecule has 31 heavy (non-hydrogen) atoms. The van der Waals surface area contributed by atoms with Gasteiger partial charge in [0, 0.05) is 29.6 Å². The van der Waals surface area contributed by atoms with Crippen molar-refractivity contribution in [3.63, 3.8) is 0 Å². The van der Waals surface area contributed by atoms with Crippen molar-refractivity contribution < 1.29 is 14.3 Å². The molecule has 5 nitrogen and oxygen atoms in total. The maximum atomic E-state index is 12.8. The number of piperidine rings is 1. The normalized spacial score (nSPS) is 19.2. The molecule has 2 aromatic rings. The van der Waals surface area contributed by atoms with Crippen molar-refractivity contribution in [1.82, 2.24) is 4.90 Å². The molecule has 0 unspecified atom stereocenters. The second kappa shape index (κ2) is 9.13. The number of carbonyl (C=O) groups is 2. The molecule has 2 aliphatic rings. The van der Waals surface area contributed by atoms with Crippen molar-refractivity contribution in [2.45, 2.75) is 30.6 Å². The minimum Gasteiger partial charge on any atom is -0.495 e. The maximum Gasteiger partial charge on any atom is 0.228 e. The molecule has 1 saturated heterocycles. The number of nitrogens with one attached hydrogen (secondary N) is 1. The minimum absolute atomic E-state index is 0.00437. The largest absolute Gasteiger partial charge is 0.495 e. The summed E-state index contributed by atoms with van der Waals surface area (Å²) in [6.07, 6.45) is 5.13. The van der Waals surface area contributed by atoms with Crippen LogP contribution in [0.15, 0.2) is 47.4 Å². The summed E-state index contributed by atoms with van der Waals surface area (Å²) in [5.74, 6) is 0.792. The highest BCUT2D eigenvalue weighted by atomic mass is 35.5. The van der Waals surface area contributed by atoms with Gasteiger partial charge in [-0.2, -0.15) is 0 Å². The van der Waals surface area contributed by atoms with E-state index in [9.17, 15) is 9.59 Å². The molecule has 1 N–H and O–H groups in total. The molecule has 2 fully saturated rings. The van der Waals surface area contributed by atoms with E-state index < -0.39 is 0 Å². The van der Waals surface area contributed by atoms with Gasteiger partial charge < -0.3 is 15.0 Å². The zero-order valence-electron chi connectivity index (χ0n) is 17.8. The number of benzene rings is 2. The van der Waals surface area contributed by atoms with Crippen LogP contribution in [0.3, 0.4) is 0 Å². The molecule has 0 bridgehead atoms. The van der Waals surface area contributed by atoms with Crippen LogP contribution in [0.1, 0.15) is 24.8 Å². The first-order valence-corrected chi connectivity index (χ1v) is 12.1. The predicted molar refractivity (Wildman–Crippen MR) is 125 cm³/mol. The number of hydrogen-bond acceptors (Lipinski definition) is 4. The number of likely N-dealkylation sites (tertiary alicyclic amines) is 1. The van der Waals surface area contributed by atoms with E-state index >= 15 is 0 Å². The second-order valence-electron chi connectivity index (χ2n) is 8.36. The van der Waals surface area contributed by atoms with Crippen LogP contribution in [0.2, 0.25) is 5.02 Å². The molecule has 4 rings (SSSR count). The summed E-state index contributed by atoms with van der Waals surface area (Å²) in [6.45, 7) is 1.44. The smallest absolute Gasteiger partial charge is 0.228 e. The van der Waals surface area contributed by atoms with Gasteiger partial charge >= 0.3 is 0 Å². The van der Waals surface area contributed by atoms with Crippen LogP contribution >= 0.6 is 23.4 Å². The Labute approximate surface area is 192 Å². The van der Waals surface area contributed by atoms with Crippen LogP contribution in [0.4, 0.5) is 5.69 Å². The van der Waals surface area contributed by atoms with Gasteiger partial charge in [0.1, 0.15) is 5.75 Å². The molecular weight excluding hydrogens is 432 g/mol. The van der Waals surface area contributed by atoms with E-state index in [4.69, 9.17) is 16.3 Å². The number of halogens is 1. The van der Waals surface area contributed by atoms with Gasteiger partial charge in [-0.1, -0.05) is 23.7 Å². The number of rotatable bonds is 6. The summed E-state index contributed by atoms with van der Waals surface area (Å²) in [7, 11) is 1.56. The lowest BCUT2D eigenvalue weighted by atomic mass is 9.90. The Hall–Kier alpha value is -2.18. The number of ether oxygens (including phenoxy) is 1. The average molecular weight is 459 g/mol. The molecule has 164 valence electrons. The average Bonchev–Trinajstić information content (AvgIpc) is 3.48. The van der Waals surface area contributed by atoms with Gasteiger partial charge in [0.25, 0.3) is 0 Å². The second-order valence-corrected chi connectivity index (χ2v) is 9.65. The van der Waals surface area contributed by atoms with Crippen molar-refractivity contribution in [2.75, 3.05) is 31.8 Å². The van der Waals surface area contributed by atoms with Crippen molar-refractivity contribution in [1.29, 1.82) is 0 Å². The molecule has 1 spiro atoms. The molecule has 2 aromatic carbocycles. The van der Waals surface area contributed by atoms with Crippen molar-refractivity contribution in [2.24, 2.45) is 11.3 Å². The highest BCUT2D eigenvalue weighted by Gasteiger charge is 2.58. The van der Waals surface area contributed by atoms with Gasteiger partial charge in [-0.05, 0) is 66.8 Å². The fourth-order valence-corrected chi connectivity index (χ4v) is 5.14. The SMILES string of the molecule is COc1ccc(NC(=O)[C@@H]2CC23CCN(C(=O)Cc2ccc(SC)cc2)CC3)cc1Cl. The quantitative estimate of drug-likeness (QED) is 0.627. The number of carbonyl (C=O) groups excluding carboxylic acids is 2. The molecule has 1 aliphatic heterocycles. The van der Waals surface area contributed by atoms with Crippen LogP contribution in [-0.2, 0) is 16.0 Å². The third-order valence-electron chi connectivity index (χ3n) is 6.55. The first-order valence-electron chi connectivity index (χ1n) is 10.5. The molecule has 7 heteroatoms. The van der Waals surface area contributed by atoms with E-state index in [1.165, 1.54) is 4.90 Å². The fourth-order valence-electron chi connectivity index (χ4n) is 4.48. The molecule has 1 heterocycles. The molecule has 1 atom stereocenters. The van der Waals surface area contributed by atoms with Crippen molar-refractivity contribution >= 4 is 40.9 Å². The topological polar surface area (TPSA) is 58.6 Å². The fraction of sp³-hybridized carbons (Fsp3) is 0.417. The van der Waals surface area contributed by atoms with E-state index in [2.05, 4.69) is 17.4 Å². The van der Waals surface area contributed by atoms with Crippen LogP contribution in [-0.4, -0.2) is 43.2 Å². The van der Waals surface area contributed by atoms with E-state index in [-0.39, 0.29) is 23.1 Å². The lowest BCUT2D eigenvalue weighted by Crippen LogP contribution is -2.41. The third-order valence-corrected chi connectivity index (χ3v) is 7.59. The van der Waals surface area contributed by atoms with Gasteiger partial charge in [-0.3, -0.25) is 9.59 Å². The molecule has 1 aliphatic carbocycles. The Kier molecular flexibility index (Phi) is 6.49. The lowest BCUT2D eigenvalue weighted by molar-refractivity contribution is -0.132. The van der Waals surface area contributed by atoms with Gasteiger partial charge in [-0.25, -0.2) is 0 Å². The Bertz CT molecular complexity index is 971. The van der Waals surface area contributed by atoms with Crippen LogP contribution < -0.4 is 10.1 Å². The Morgan fingerprint density at radius 3 is 2.52 bits per heavy atom. The summed E-state index contributed by atoms with van der Waals surface area (Å²) in [5.41, 5.74) is 1.76. The predicted octanol–water partition coefficient (Wildman–Crippen LogP) is 4.88. The van der Waals surface area contributed by atoms with Crippen molar-refractivity contribution in [3.8, 4) is 5.75 Å². The molecule has 1 saturated carbocycles. The van der Waals surface area contributed by atoms with Gasteiger partial charge in [0.2, 0.25) is 11.8 Å². The van der Waals surface area contributed by atoms with E-state index in [0.717, 1.165) is 37.9 Å². The molecular formula is C24H27ClN2O3S. The summed E-state index contributed by atoms with van der Waals surface area (Å²) >= 11 is 7.85. The monoisotopic (exact) mass is 458 g/mol. The minimum atomic E-state index is 0.00437. The van der Waals surface area contributed by atoms with Crippen LogP contribution in [0.25, 0.3) is 0 Å². The Morgan fingerprint density at radius 1 is 1.19 bits per heavy atom. The first-order chi connectivity index (χ1) is 14.9. The Morgan fingerprint density at radius 2 is 1.90 bits per heavy atom. The van der Waals surface area contributed by atoms with Crippen LogP contribution in [0, 0.1) is 11.3 Å². The highest BCUT2D eigenvalue weighted by Crippen LogP contribution is 2.59. The lowest BCUT2D eigenvalue weighted by Gasteiger charge is -2.33. The zero-order chi connectivity index (χ0) is 22.0. The van der Waals surface area contributed by atoms with Gasteiger partial charge in [-0.15, -0.1) is 11.8 Å². The van der Waals surface area contributed by atoms with Crippen molar-refractivity contribution in [3.05, 3.63) is 53.1 Å². The maximum absolute atomic E-state index is 12.8. The summed E-state index contributed by atoms with van der Waals surface area (Å²) in [4.78, 5) is 28.6. The highest BCUT2D eigenvalue weighted by molar-refractivity contribution is 7.98. The molecule has 0 radical (unpaired) electrons.